The van der Waals surface area contributed by atoms with E-state index in [1.807, 2.05) is 22.6 Å². The number of hydrogen-bond acceptors (Lipinski definition) is 2. The normalized spacial score (nSPS) is 11.4. The minimum absolute atomic E-state index is 0.00154. The zero-order chi connectivity index (χ0) is 10.8. The molecule has 0 aliphatic carbocycles. The predicted octanol–water partition coefficient (Wildman–Crippen LogP) is 2.13. The van der Waals surface area contributed by atoms with Gasteiger partial charge in [-0.25, -0.2) is 12.8 Å². The van der Waals surface area contributed by atoms with Crippen LogP contribution in [-0.4, -0.2) is 14.7 Å². The van der Waals surface area contributed by atoms with Crippen LogP contribution in [0.1, 0.15) is 5.56 Å². The highest BCUT2D eigenvalue weighted by atomic mass is 127. The molecule has 0 amide bonds. The Morgan fingerprint density at radius 1 is 1.50 bits per heavy atom. The van der Waals surface area contributed by atoms with Crippen molar-refractivity contribution in [2.75, 3.05) is 11.0 Å². The van der Waals surface area contributed by atoms with E-state index in [4.69, 9.17) is 0 Å². The van der Waals surface area contributed by atoms with Gasteiger partial charge in [0.25, 0.3) is 0 Å². The number of sulfonamides is 1. The first-order chi connectivity index (χ1) is 6.44. The molecule has 1 aromatic rings. The maximum Gasteiger partial charge on any atom is 0.229 e. The Kier molecular flexibility index (Phi) is 3.71. The lowest BCUT2D eigenvalue weighted by molar-refractivity contribution is 0.602. The monoisotopic (exact) mass is 329 g/mol. The summed E-state index contributed by atoms with van der Waals surface area (Å²) in [5.41, 5.74) is 0.487. The van der Waals surface area contributed by atoms with Crippen LogP contribution in [0.5, 0.6) is 0 Å². The Balaban J connectivity index is 3.10. The summed E-state index contributed by atoms with van der Waals surface area (Å²) >= 11 is 2.02. The summed E-state index contributed by atoms with van der Waals surface area (Å²) in [7, 11) is -3.42. The third-order valence-electron chi connectivity index (χ3n) is 1.52. The third kappa shape index (κ3) is 3.09. The van der Waals surface area contributed by atoms with Gasteiger partial charge in [-0.3, -0.25) is 4.72 Å². The van der Waals surface area contributed by atoms with Crippen LogP contribution in [0.4, 0.5) is 10.1 Å². The molecule has 0 saturated carbocycles. The van der Waals surface area contributed by atoms with Gasteiger partial charge in [-0.05, 0) is 11.6 Å². The van der Waals surface area contributed by atoms with Crippen LogP contribution >= 0.6 is 22.6 Å². The molecule has 1 aromatic carbocycles. The fourth-order valence-electron chi connectivity index (χ4n) is 0.962. The van der Waals surface area contributed by atoms with E-state index in [-0.39, 0.29) is 5.69 Å². The van der Waals surface area contributed by atoms with Gasteiger partial charge in [0.2, 0.25) is 10.0 Å². The Morgan fingerprint density at radius 2 is 2.14 bits per heavy atom. The number of halogens is 2. The highest BCUT2D eigenvalue weighted by Gasteiger charge is 2.09. The Labute approximate surface area is 95.9 Å². The minimum Gasteiger partial charge on any atom is -0.281 e. The van der Waals surface area contributed by atoms with E-state index in [0.717, 1.165) is 6.26 Å². The summed E-state index contributed by atoms with van der Waals surface area (Å²) in [5, 5.41) is 0. The van der Waals surface area contributed by atoms with Crippen molar-refractivity contribution in [1.29, 1.82) is 0 Å². The maximum atomic E-state index is 13.5. The van der Waals surface area contributed by atoms with Gasteiger partial charge in [-0.2, -0.15) is 0 Å². The standard InChI is InChI=1S/C8H9FINO2S/c1-14(12,13)11-7-4-2-3-6(5-10)8(7)9/h2-4,11H,5H2,1H3. The van der Waals surface area contributed by atoms with Crippen molar-refractivity contribution in [3.8, 4) is 0 Å². The molecule has 0 radical (unpaired) electrons. The van der Waals surface area contributed by atoms with Gasteiger partial charge in [0, 0.05) is 4.43 Å². The molecule has 3 nitrogen and oxygen atoms in total. The Morgan fingerprint density at radius 3 is 2.64 bits per heavy atom. The average Bonchev–Trinajstić information content (AvgIpc) is 2.06. The van der Waals surface area contributed by atoms with Crippen LogP contribution in [-0.2, 0) is 14.5 Å². The van der Waals surface area contributed by atoms with E-state index in [9.17, 15) is 12.8 Å². The molecule has 1 rings (SSSR count). The lowest BCUT2D eigenvalue weighted by Gasteiger charge is -2.07. The summed E-state index contributed by atoms with van der Waals surface area (Å²) in [4.78, 5) is 0. The molecule has 0 aliphatic rings. The molecule has 0 atom stereocenters. The fourth-order valence-corrected chi connectivity index (χ4v) is 2.11. The Bertz CT molecular complexity index is 433. The highest BCUT2D eigenvalue weighted by Crippen LogP contribution is 2.20. The molecule has 1 N–H and O–H groups in total. The number of nitrogens with one attached hydrogen (secondary N) is 1. The minimum atomic E-state index is -3.42. The van der Waals surface area contributed by atoms with Gasteiger partial charge in [-0.15, -0.1) is 0 Å². The van der Waals surface area contributed by atoms with Crippen LogP contribution in [0.2, 0.25) is 0 Å². The first kappa shape index (κ1) is 11.7. The van der Waals surface area contributed by atoms with E-state index in [2.05, 4.69) is 4.72 Å². The zero-order valence-corrected chi connectivity index (χ0v) is 10.4. The second kappa shape index (κ2) is 4.43. The van der Waals surface area contributed by atoms with E-state index >= 15 is 0 Å². The molecule has 0 aliphatic heterocycles. The summed E-state index contributed by atoms with van der Waals surface area (Å²) in [6.07, 6.45) is 0.989. The van der Waals surface area contributed by atoms with Crippen molar-refractivity contribution in [3.05, 3.63) is 29.6 Å². The van der Waals surface area contributed by atoms with Crippen LogP contribution in [0.15, 0.2) is 18.2 Å². The number of rotatable bonds is 3. The quantitative estimate of drug-likeness (QED) is 0.682. The first-order valence-corrected chi connectivity index (χ1v) is 7.17. The van der Waals surface area contributed by atoms with E-state index < -0.39 is 15.8 Å². The molecule has 78 valence electrons. The molecule has 0 saturated heterocycles. The lowest BCUT2D eigenvalue weighted by Crippen LogP contribution is -2.11. The molecule has 0 spiro atoms. The summed E-state index contributed by atoms with van der Waals surface area (Å²) in [5.74, 6) is -0.507. The van der Waals surface area contributed by atoms with E-state index in [0.29, 0.717) is 9.99 Å². The Hall–Kier alpha value is -0.370. The van der Waals surface area contributed by atoms with Crippen molar-refractivity contribution in [2.24, 2.45) is 0 Å². The zero-order valence-electron chi connectivity index (χ0n) is 7.42. The van der Waals surface area contributed by atoms with Crippen LogP contribution in [0.25, 0.3) is 0 Å². The van der Waals surface area contributed by atoms with Gasteiger partial charge in [0.15, 0.2) is 5.82 Å². The SMILES string of the molecule is CS(=O)(=O)Nc1cccc(CI)c1F. The number of benzene rings is 1. The largest absolute Gasteiger partial charge is 0.281 e. The number of alkyl halides is 1. The smallest absolute Gasteiger partial charge is 0.229 e. The molecular formula is C8H9FINO2S. The van der Waals surface area contributed by atoms with Gasteiger partial charge in [0.05, 0.1) is 11.9 Å². The van der Waals surface area contributed by atoms with Crippen LogP contribution in [0, 0.1) is 5.82 Å². The molecular weight excluding hydrogens is 320 g/mol. The maximum absolute atomic E-state index is 13.5. The molecule has 0 heterocycles. The summed E-state index contributed by atoms with van der Waals surface area (Å²) in [6.45, 7) is 0. The molecule has 6 heteroatoms. The predicted molar refractivity (Wildman–Crippen MR) is 62.6 cm³/mol. The van der Waals surface area contributed by atoms with Crippen LogP contribution in [0.3, 0.4) is 0 Å². The van der Waals surface area contributed by atoms with Crippen molar-refractivity contribution in [1.82, 2.24) is 0 Å². The molecule has 14 heavy (non-hydrogen) atoms. The van der Waals surface area contributed by atoms with Crippen molar-refractivity contribution in [3.63, 3.8) is 0 Å². The topological polar surface area (TPSA) is 46.2 Å². The molecule has 0 bridgehead atoms. The van der Waals surface area contributed by atoms with Crippen LogP contribution < -0.4 is 4.72 Å². The second-order valence-electron chi connectivity index (χ2n) is 2.79. The van der Waals surface area contributed by atoms with Gasteiger partial charge < -0.3 is 0 Å². The summed E-state index contributed by atoms with van der Waals surface area (Å²) < 4.78 is 37.8. The second-order valence-corrected chi connectivity index (χ2v) is 5.30. The van der Waals surface area contributed by atoms with Crippen molar-refractivity contribution >= 4 is 38.3 Å². The third-order valence-corrected chi connectivity index (χ3v) is 2.93. The molecule has 0 aromatic heterocycles. The van der Waals surface area contributed by atoms with Gasteiger partial charge >= 0.3 is 0 Å². The molecule has 0 fully saturated rings. The summed E-state index contributed by atoms with van der Waals surface area (Å²) in [6, 6.07) is 4.63. The number of anilines is 1. The lowest BCUT2D eigenvalue weighted by atomic mass is 10.2. The van der Waals surface area contributed by atoms with Crippen molar-refractivity contribution in [2.45, 2.75) is 4.43 Å². The first-order valence-electron chi connectivity index (χ1n) is 3.75. The fraction of sp³-hybridized carbons (Fsp3) is 0.250. The van der Waals surface area contributed by atoms with E-state index in [1.165, 1.54) is 6.07 Å². The van der Waals surface area contributed by atoms with Crippen molar-refractivity contribution < 1.29 is 12.8 Å². The highest BCUT2D eigenvalue weighted by molar-refractivity contribution is 14.1. The number of hydrogen-bond donors (Lipinski definition) is 1. The average molecular weight is 329 g/mol. The van der Waals surface area contributed by atoms with Gasteiger partial charge in [-0.1, -0.05) is 34.7 Å². The van der Waals surface area contributed by atoms with E-state index in [1.54, 1.807) is 12.1 Å². The molecule has 0 unspecified atom stereocenters. The van der Waals surface area contributed by atoms with Gasteiger partial charge in [0.1, 0.15) is 0 Å².